The van der Waals surface area contributed by atoms with Crippen molar-refractivity contribution in [3.05, 3.63) is 65.7 Å². The highest BCUT2D eigenvalue weighted by atomic mass is 16.5. The van der Waals surface area contributed by atoms with Crippen molar-refractivity contribution in [3.8, 4) is 5.75 Å². The van der Waals surface area contributed by atoms with E-state index in [4.69, 9.17) is 4.74 Å². The maximum atomic E-state index is 13.4. The van der Waals surface area contributed by atoms with E-state index in [0.29, 0.717) is 6.42 Å². The number of aliphatic hydroxyl groups excluding tert-OH is 1. The second-order valence-electron chi connectivity index (χ2n) is 11.0. The number of rotatable bonds is 6. The molecule has 0 spiro atoms. The minimum atomic E-state index is -1.42. The number of carbonyl (C=O) groups excluding carboxylic acids is 5. The molecule has 0 radical (unpaired) electrons. The molecule has 6 N–H and O–H groups in total. The summed E-state index contributed by atoms with van der Waals surface area (Å²) in [6.45, 7) is 6.79. The van der Waals surface area contributed by atoms with E-state index in [1.165, 1.54) is 13.0 Å². The van der Waals surface area contributed by atoms with Crippen molar-refractivity contribution in [1.29, 1.82) is 0 Å². The van der Waals surface area contributed by atoms with Crippen molar-refractivity contribution in [3.63, 3.8) is 0 Å². The van der Waals surface area contributed by atoms with Crippen molar-refractivity contribution in [1.82, 2.24) is 26.6 Å². The number of fused-ring (bicyclic) bond motifs is 1. The highest BCUT2D eigenvalue weighted by Gasteiger charge is 2.33. The molecule has 43 heavy (non-hydrogen) atoms. The van der Waals surface area contributed by atoms with E-state index < -0.39 is 66.2 Å². The fourth-order valence-corrected chi connectivity index (χ4v) is 4.51. The van der Waals surface area contributed by atoms with Gasteiger partial charge < -0.3 is 36.4 Å². The summed E-state index contributed by atoms with van der Waals surface area (Å²) in [4.78, 5) is 65.9. The lowest BCUT2D eigenvalue weighted by Crippen LogP contribution is -2.59. The van der Waals surface area contributed by atoms with Gasteiger partial charge in [0, 0.05) is 6.54 Å². The van der Waals surface area contributed by atoms with Crippen LogP contribution in [0.4, 0.5) is 0 Å². The molecule has 1 heterocycles. The van der Waals surface area contributed by atoms with Gasteiger partial charge in [0.15, 0.2) is 0 Å². The van der Waals surface area contributed by atoms with Crippen LogP contribution < -0.4 is 31.3 Å². The molecule has 0 saturated carbocycles. The van der Waals surface area contributed by atoms with Gasteiger partial charge in [-0.3, -0.25) is 24.0 Å². The Morgan fingerprint density at radius 3 is 2.23 bits per heavy atom. The van der Waals surface area contributed by atoms with E-state index in [-0.39, 0.29) is 30.4 Å². The Bertz CT molecular complexity index is 1280. The summed E-state index contributed by atoms with van der Waals surface area (Å²) in [5.41, 5.74) is 1.13. The number of nitrogens with one attached hydrogen (secondary N) is 5. The zero-order valence-corrected chi connectivity index (χ0v) is 24.9. The third kappa shape index (κ3) is 9.81. The lowest BCUT2D eigenvalue weighted by atomic mass is 10.0. The molecule has 12 heteroatoms. The van der Waals surface area contributed by atoms with Crippen molar-refractivity contribution in [2.75, 3.05) is 13.2 Å². The third-order valence-electron chi connectivity index (χ3n) is 6.90. The second kappa shape index (κ2) is 15.7. The molecule has 2 aromatic carbocycles. The zero-order valence-electron chi connectivity index (χ0n) is 24.9. The molecule has 5 atom stereocenters. The normalized spacial score (nSPS) is 22.9. The van der Waals surface area contributed by atoms with Crippen LogP contribution in [0.15, 0.2) is 54.6 Å². The molecule has 0 saturated heterocycles. The summed E-state index contributed by atoms with van der Waals surface area (Å²) in [5, 5.41) is 23.6. The van der Waals surface area contributed by atoms with Crippen molar-refractivity contribution in [2.24, 2.45) is 5.92 Å². The molecule has 0 bridgehead atoms. The van der Waals surface area contributed by atoms with Crippen LogP contribution in [0.25, 0.3) is 0 Å². The van der Waals surface area contributed by atoms with Gasteiger partial charge in [0.05, 0.1) is 24.1 Å². The number of ether oxygens (including phenoxy) is 1. The van der Waals surface area contributed by atoms with Gasteiger partial charge in [-0.05, 0) is 43.9 Å². The Morgan fingerprint density at radius 2 is 1.56 bits per heavy atom. The first-order chi connectivity index (χ1) is 20.5. The summed E-state index contributed by atoms with van der Waals surface area (Å²) >= 11 is 0. The van der Waals surface area contributed by atoms with Crippen molar-refractivity contribution in [2.45, 2.75) is 70.8 Å². The van der Waals surface area contributed by atoms with E-state index in [9.17, 15) is 29.1 Å². The largest absolute Gasteiger partial charge is 0.491 e. The quantitative estimate of drug-likeness (QED) is 0.281. The molecular formula is C31H41N5O7. The summed E-state index contributed by atoms with van der Waals surface area (Å²) < 4.78 is 5.86. The van der Waals surface area contributed by atoms with E-state index >= 15 is 0 Å². The molecule has 1 aliphatic rings. The number of hydrogen-bond acceptors (Lipinski definition) is 7. The Labute approximate surface area is 251 Å². The minimum Gasteiger partial charge on any atom is -0.491 e. The predicted octanol–water partition coefficient (Wildman–Crippen LogP) is 0.438. The van der Waals surface area contributed by atoms with Crippen LogP contribution in [0.1, 0.15) is 50.0 Å². The Morgan fingerprint density at radius 1 is 0.907 bits per heavy atom. The summed E-state index contributed by atoms with van der Waals surface area (Å²) in [7, 11) is 0. The van der Waals surface area contributed by atoms with Crippen molar-refractivity contribution >= 4 is 29.5 Å². The van der Waals surface area contributed by atoms with Gasteiger partial charge in [-0.15, -0.1) is 0 Å². The summed E-state index contributed by atoms with van der Waals surface area (Å²) in [6.07, 6.45) is -1.32. The first kappa shape index (κ1) is 33.1. The van der Waals surface area contributed by atoms with Gasteiger partial charge >= 0.3 is 0 Å². The number of amides is 5. The zero-order chi connectivity index (χ0) is 31.5. The van der Waals surface area contributed by atoms with Crippen LogP contribution in [-0.2, 0) is 25.6 Å². The number of para-hydroxylation sites is 1. The van der Waals surface area contributed by atoms with Crippen molar-refractivity contribution < 1.29 is 33.8 Å². The molecule has 12 nitrogen and oxygen atoms in total. The third-order valence-corrected chi connectivity index (χ3v) is 6.90. The standard InChI is InChI=1S/C31H41N5O7/c1-18(2)26-30(41)33-19(3)17-43-24-13-9-8-12-22(24)28(39)34-23(16-25(38)35-27(20(4)37)31(42)36-26)29(40)32-15-14-21-10-6-5-7-11-21/h5-13,18-20,23,26-27,37H,14-17H2,1-4H3,(H,32,40)(H,33,41)(H,34,39)(H,35,38)(H,36,42)/t19-,20+,23-,26+,27-/m0/s1. The van der Waals surface area contributed by atoms with Crippen LogP contribution in [0.5, 0.6) is 5.75 Å². The fourth-order valence-electron chi connectivity index (χ4n) is 4.51. The fraction of sp³-hybridized carbons (Fsp3) is 0.452. The molecule has 1 aliphatic heterocycles. The number of carbonyl (C=O) groups is 5. The molecule has 3 rings (SSSR count). The maximum Gasteiger partial charge on any atom is 0.255 e. The summed E-state index contributed by atoms with van der Waals surface area (Å²) in [5.74, 6) is -3.37. The molecule has 5 amide bonds. The van der Waals surface area contributed by atoms with Gasteiger partial charge in [0.1, 0.15) is 30.5 Å². The van der Waals surface area contributed by atoms with Gasteiger partial charge in [0.2, 0.25) is 23.6 Å². The average molecular weight is 596 g/mol. The molecule has 0 aromatic heterocycles. The van der Waals surface area contributed by atoms with Gasteiger partial charge in [-0.25, -0.2) is 0 Å². The number of benzene rings is 2. The molecule has 0 aliphatic carbocycles. The first-order valence-corrected chi connectivity index (χ1v) is 14.4. The van der Waals surface area contributed by atoms with Crippen LogP contribution in [0.2, 0.25) is 0 Å². The lowest BCUT2D eigenvalue weighted by Gasteiger charge is -2.27. The van der Waals surface area contributed by atoms with Crippen LogP contribution in [-0.4, -0.2) is 78.1 Å². The molecule has 0 fully saturated rings. The number of aliphatic hydroxyl groups is 1. The monoisotopic (exact) mass is 595 g/mol. The van der Waals surface area contributed by atoms with E-state index in [1.807, 2.05) is 30.3 Å². The molecule has 2 aromatic rings. The van der Waals surface area contributed by atoms with Gasteiger partial charge in [0.25, 0.3) is 5.91 Å². The van der Waals surface area contributed by atoms with Crippen LogP contribution in [0, 0.1) is 5.92 Å². The topological polar surface area (TPSA) is 175 Å². The van der Waals surface area contributed by atoms with E-state index in [2.05, 4.69) is 26.6 Å². The summed E-state index contributed by atoms with van der Waals surface area (Å²) in [6, 6.07) is 11.7. The highest BCUT2D eigenvalue weighted by Crippen LogP contribution is 2.19. The Balaban J connectivity index is 1.90. The van der Waals surface area contributed by atoms with Gasteiger partial charge in [-0.1, -0.05) is 56.3 Å². The molecular weight excluding hydrogens is 554 g/mol. The Hall–Kier alpha value is -4.45. The SMILES string of the molecule is CC(C)[C@H]1NC(=O)[C@H]([C@@H](C)O)NC(=O)C[C@@H](C(=O)NCCc2ccccc2)NC(=O)c2ccccc2OC[C@H](C)NC1=O. The average Bonchev–Trinajstić information content (AvgIpc) is 2.96. The van der Waals surface area contributed by atoms with Crippen LogP contribution in [0.3, 0.4) is 0 Å². The lowest BCUT2D eigenvalue weighted by molar-refractivity contribution is -0.135. The minimum absolute atomic E-state index is 0.00847. The molecule has 0 unspecified atom stereocenters. The van der Waals surface area contributed by atoms with Gasteiger partial charge in [-0.2, -0.15) is 0 Å². The maximum absolute atomic E-state index is 13.4. The molecule has 232 valence electrons. The predicted molar refractivity (Wildman–Crippen MR) is 159 cm³/mol. The second-order valence-corrected chi connectivity index (χ2v) is 11.0. The number of hydrogen-bond donors (Lipinski definition) is 6. The van der Waals surface area contributed by atoms with E-state index in [1.54, 1.807) is 39.0 Å². The highest BCUT2D eigenvalue weighted by molar-refractivity contribution is 6.01. The Kier molecular flexibility index (Phi) is 12.1. The van der Waals surface area contributed by atoms with Crippen LogP contribution >= 0.6 is 0 Å². The smallest absolute Gasteiger partial charge is 0.255 e. The van der Waals surface area contributed by atoms with E-state index in [0.717, 1.165) is 5.56 Å². The first-order valence-electron chi connectivity index (χ1n) is 14.4.